The number of fused-ring (bicyclic) bond motifs is 1. The van der Waals surface area contributed by atoms with Crippen molar-refractivity contribution < 1.29 is 14.2 Å². The van der Waals surface area contributed by atoms with Crippen LogP contribution in [-0.2, 0) is 0 Å². The van der Waals surface area contributed by atoms with Gasteiger partial charge in [0.1, 0.15) is 5.75 Å². The van der Waals surface area contributed by atoms with Gasteiger partial charge in [-0.25, -0.2) is 0 Å². The minimum absolute atomic E-state index is 0.0769. The minimum Gasteiger partial charge on any atom is -0.489 e. The normalized spacial score (nSPS) is 12.5. The first-order valence-electron chi connectivity index (χ1n) is 6.84. The third-order valence-electron chi connectivity index (χ3n) is 3.04. The van der Waals surface area contributed by atoms with Crippen molar-refractivity contribution in [3.05, 3.63) is 36.4 Å². The predicted octanol–water partition coefficient (Wildman–Crippen LogP) is 3.53. The summed E-state index contributed by atoms with van der Waals surface area (Å²) >= 11 is 0. The molecular formula is C16H18N2O3. The number of rotatable bonds is 4. The van der Waals surface area contributed by atoms with Gasteiger partial charge in [0, 0.05) is 23.5 Å². The highest BCUT2D eigenvalue weighted by Crippen LogP contribution is 2.36. The van der Waals surface area contributed by atoms with Crippen LogP contribution in [0.2, 0.25) is 0 Å². The molecule has 0 saturated carbocycles. The van der Waals surface area contributed by atoms with Gasteiger partial charge < -0.3 is 25.3 Å². The zero-order chi connectivity index (χ0) is 14.8. The molecule has 3 rings (SSSR count). The average molecular weight is 286 g/mol. The molecular weight excluding hydrogens is 268 g/mol. The van der Waals surface area contributed by atoms with Crippen molar-refractivity contribution >= 4 is 17.1 Å². The van der Waals surface area contributed by atoms with Crippen LogP contribution in [0.15, 0.2) is 36.4 Å². The molecule has 21 heavy (non-hydrogen) atoms. The van der Waals surface area contributed by atoms with Crippen LogP contribution in [0.1, 0.15) is 13.8 Å². The molecule has 0 atom stereocenters. The van der Waals surface area contributed by atoms with Gasteiger partial charge in [0.25, 0.3) is 0 Å². The van der Waals surface area contributed by atoms with E-state index in [4.69, 9.17) is 19.9 Å². The lowest BCUT2D eigenvalue weighted by Crippen LogP contribution is -2.07. The summed E-state index contributed by atoms with van der Waals surface area (Å²) in [6.45, 7) is 4.21. The first-order chi connectivity index (χ1) is 10.1. The fraction of sp³-hybridized carbons (Fsp3) is 0.250. The predicted molar refractivity (Wildman–Crippen MR) is 82.5 cm³/mol. The molecule has 1 heterocycles. The molecule has 3 N–H and O–H groups in total. The highest BCUT2D eigenvalue weighted by Gasteiger charge is 2.13. The van der Waals surface area contributed by atoms with Crippen molar-refractivity contribution in [1.29, 1.82) is 0 Å². The number of benzene rings is 2. The van der Waals surface area contributed by atoms with Crippen LogP contribution in [0.3, 0.4) is 0 Å². The smallest absolute Gasteiger partial charge is 0.231 e. The maximum absolute atomic E-state index is 5.92. The Kier molecular flexibility index (Phi) is 3.48. The second-order valence-corrected chi connectivity index (χ2v) is 5.11. The molecule has 0 fully saturated rings. The number of anilines is 3. The summed E-state index contributed by atoms with van der Waals surface area (Å²) in [5.74, 6) is 2.19. The van der Waals surface area contributed by atoms with Crippen molar-refractivity contribution in [1.82, 2.24) is 0 Å². The SMILES string of the molecule is CC(C)Oc1cc(Nc2ccc3c(c2)OCO3)ccc1N. The van der Waals surface area contributed by atoms with Crippen LogP contribution in [0.5, 0.6) is 17.2 Å². The van der Waals surface area contributed by atoms with Crippen molar-refractivity contribution in [3.63, 3.8) is 0 Å². The van der Waals surface area contributed by atoms with Gasteiger partial charge in [-0.1, -0.05) is 0 Å². The molecule has 0 unspecified atom stereocenters. The lowest BCUT2D eigenvalue weighted by atomic mass is 10.2. The summed E-state index contributed by atoms with van der Waals surface area (Å²) in [6.07, 6.45) is 0.0769. The van der Waals surface area contributed by atoms with Crippen molar-refractivity contribution in [2.75, 3.05) is 17.8 Å². The Balaban J connectivity index is 1.81. The number of nitrogens with one attached hydrogen (secondary N) is 1. The molecule has 0 aromatic heterocycles. The maximum Gasteiger partial charge on any atom is 0.231 e. The van der Waals surface area contributed by atoms with E-state index in [9.17, 15) is 0 Å². The van der Waals surface area contributed by atoms with E-state index in [1.807, 2.05) is 50.2 Å². The Morgan fingerprint density at radius 3 is 2.57 bits per heavy atom. The third-order valence-corrected chi connectivity index (χ3v) is 3.04. The van der Waals surface area contributed by atoms with Gasteiger partial charge in [0.15, 0.2) is 11.5 Å². The maximum atomic E-state index is 5.92. The van der Waals surface area contributed by atoms with Gasteiger partial charge in [-0.05, 0) is 38.1 Å². The summed E-state index contributed by atoms with van der Waals surface area (Å²) in [6, 6.07) is 11.3. The quantitative estimate of drug-likeness (QED) is 0.842. The molecule has 1 aliphatic heterocycles. The van der Waals surface area contributed by atoms with Gasteiger partial charge in [-0.2, -0.15) is 0 Å². The number of hydrogen-bond acceptors (Lipinski definition) is 5. The second-order valence-electron chi connectivity index (χ2n) is 5.11. The fourth-order valence-electron chi connectivity index (χ4n) is 2.11. The van der Waals surface area contributed by atoms with Crippen molar-refractivity contribution in [3.8, 4) is 17.2 Å². The summed E-state index contributed by atoms with van der Waals surface area (Å²) in [5, 5.41) is 3.30. The molecule has 0 aliphatic carbocycles. The molecule has 0 bridgehead atoms. The van der Waals surface area contributed by atoms with Gasteiger partial charge in [-0.3, -0.25) is 0 Å². The van der Waals surface area contributed by atoms with E-state index >= 15 is 0 Å². The van der Waals surface area contributed by atoms with E-state index in [-0.39, 0.29) is 12.9 Å². The van der Waals surface area contributed by atoms with Crippen LogP contribution in [0.25, 0.3) is 0 Å². The van der Waals surface area contributed by atoms with Crippen LogP contribution in [0, 0.1) is 0 Å². The Hall–Kier alpha value is -2.56. The minimum atomic E-state index is 0.0769. The highest BCUT2D eigenvalue weighted by atomic mass is 16.7. The Morgan fingerprint density at radius 1 is 1.05 bits per heavy atom. The standard InChI is InChI=1S/C16H18N2O3/c1-10(2)21-15-7-11(3-5-13(15)17)18-12-4-6-14-16(8-12)20-9-19-14/h3-8,10,18H,9,17H2,1-2H3. The molecule has 5 heteroatoms. The van der Waals surface area contributed by atoms with Crippen molar-refractivity contribution in [2.24, 2.45) is 0 Å². The molecule has 0 saturated heterocycles. The van der Waals surface area contributed by atoms with Gasteiger partial charge in [0.05, 0.1) is 11.8 Å². The molecule has 0 spiro atoms. The topological polar surface area (TPSA) is 65.7 Å². The van der Waals surface area contributed by atoms with Crippen LogP contribution in [-0.4, -0.2) is 12.9 Å². The largest absolute Gasteiger partial charge is 0.489 e. The van der Waals surface area contributed by atoms with E-state index in [1.54, 1.807) is 0 Å². The summed E-state index contributed by atoms with van der Waals surface area (Å²) in [5.41, 5.74) is 8.36. The van der Waals surface area contributed by atoms with E-state index < -0.39 is 0 Å². The number of nitrogens with two attached hydrogens (primary N) is 1. The Bertz CT molecular complexity index is 656. The summed E-state index contributed by atoms with van der Waals surface area (Å²) < 4.78 is 16.3. The monoisotopic (exact) mass is 286 g/mol. The van der Waals surface area contributed by atoms with E-state index in [0.29, 0.717) is 11.4 Å². The van der Waals surface area contributed by atoms with Crippen molar-refractivity contribution in [2.45, 2.75) is 20.0 Å². The van der Waals surface area contributed by atoms with Crippen LogP contribution < -0.4 is 25.3 Å². The van der Waals surface area contributed by atoms with Gasteiger partial charge in [0.2, 0.25) is 6.79 Å². The number of hydrogen-bond donors (Lipinski definition) is 2. The van der Waals surface area contributed by atoms with Gasteiger partial charge >= 0.3 is 0 Å². The summed E-state index contributed by atoms with van der Waals surface area (Å²) in [7, 11) is 0. The lowest BCUT2D eigenvalue weighted by molar-refractivity contribution is 0.174. The molecule has 5 nitrogen and oxygen atoms in total. The second kappa shape index (κ2) is 5.44. The lowest BCUT2D eigenvalue weighted by Gasteiger charge is -2.14. The molecule has 110 valence electrons. The Morgan fingerprint density at radius 2 is 1.76 bits per heavy atom. The van der Waals surface area contributed by atoms with Crippen LogP contribution in [0.4, 0.5) is 17.1 Å². The summed E-state index contributed by atoms with van der Waals surface area (Å²) in [4.78, 5) is 0. The van der Waals surface area contributed by atoms with E-state index in [2.05, 4.69) is 5.32 Å². The molecule has 1 aliphatic rings. The van der Waals surface area contributed by atoms with Crippen LogP contribution >= 0.6 is 0 Å². The first kappa shape index (κ1) is 13.4. The average Bonchev–Trinajstić information content (AvgIpc) is 2.89. The third kappa shape index (κ3) is 2.97. The molecule has 0 radical (unpaired) electrons. The number of ether oxygens (including phenoxy) is 3. The zero-order valence-corrected chi connectivity index (χ0v) is 12.1. The molecule has 0 amide bonds. The zero-order valence-electron chi connectivity index (χ0n) is 12.1. The molecule has 2 aromatic carbocycles. The first-order valence-corrected chi connectivity index (χ1v) is 6.84. The fourth-order valence-corrected chi connectivity index (χ4v) is 2.11. The Labute approximate surface area is 123 Å². The highest BCUT2D eigenvalue weighted by molar-refractivity contribution is 5.68. The van der Waals surface area contributed by atoms with Gasteiger partial charge in [-0.15, -0.1) is 0 Å². The van der Waals surface area contributed by atoms with E-state index in [1.165, 1.54) is 0 Å². The molecule has 2 aromatic rings. The van der Waals surface area contributed by atoms with E-state index in [0.717, 1.165) is 22.9 Å². The number of nitrogen functional groups attached to an aromatic ring is 1.